The lowest BCUT2D eigenvalue weighted by Crippen LogP contribution is -2.26. The lowest BCUT2D eigenvalue weighted by Gasteiger charge is -2.23. The quantitative estimate of drug-likeness (QED) is 0.0374. The van der Waals surface area contributed by atoms with Crippen LogP contribution in [-0.2, 0) is 19.1 Å². The number of hydrogen-bond donors (Lipinski definition) is 0. The largest absolute Gasteiger partial charge is 0.466 e. The van der Waals surface area contributed by atoms with E-state index in [0.29, 0.717) is 32.0 Å². The Morgan fingerprint density at radius 1 is 0.640 bits per heavy atom. The van der Waals surface area contributed by atoms with Crippen LogP contribution in [0.1, 0.15) is 201 Å². The molecule has 1 aliphatic rings. The summed E-state index contributed by atoms with van der Waals surface area (Å²) in [5.41, 5.74) is 5.58. The van der Waals surface area contributed by atoms with E-state index < -0.39 is 0 Å². The van der Waals surface area contributed by atoms with Crippen molar-refractivity contribution in [3.8, 4) is 0 Å². The highest BCUT2D eigenvalue weighted by Crippen LogP contribution is 2.23. The van der Waals surface area contributed by atoms with Gasteiger partial charge in [0.2, 0.25) is 0 Å². The van der Waals surface area contributed by atoms with E-state index in [1.165, 1.54) is 142 Å². The molecular formula is C45H81NO4. The minimum absolute atomic E-state index is 0.00453. The molecule has 5 heteroatoms. The Kier molecular flexibility index (Phi) is 31.7. The third-order valence-corrected chi connectivity index (χ3v) is 10.6. The van der Waals surface area contributed by atoms with Gasteiger partial charge < -0.3 is 14.4 Å². The van der Waals surface area contributed by atoms with Gasteiger partial charge in [0, 0.05) is 13.0 Å². The van der Waals surface area contributed by atoms with Crippen LogP contribution in [0.2, 0.25) is 0 Å². The van der Waals surface area contributed by atoms with E-state index in [-0.39, 0.29) is 17.9 Å². The van der Waals surface area contributed by atoms with Gasteiger partial charge in [-0.25, -0.2) is 0 Å². The fraction of sp³-hybridized carbons (Fsp3) is 0.867. The Balaban J connectivity index is 2.04. The Labute approximate surface area is 310 Å². The molecule has 0 amide bonds. The maximum absolute atomic E-state index is 12.2. The zero-order valence-electron chi connectivity index (χ0n) is 33.4. The molecule has 50 heavy (non-hydrogen) atoms. The first kappa shape index (κ1) is 46.2. The van der Waals surface area contributed by atoms with Crippen LogP contribution in [0.15, 0.2) is 24.1 Å². The second kappa shape index (κ2) is 34.3. The van der Waals surface area contributed by atoms with Crippen LogP contribution in [0.3, 0.4) is 0 Å². The monoisotopic (exact) mass is 700 g/mol. The van der Waals surface area contributed by atoms with Crippen molar-refractivity contribution in [2.75, 3.05) is 32.8 Å². The molecule has 0 aromatic carbocycles. The van der Waals surface area contributed by atoms with Gasteiger partial charge in [-0.05, 0) is 88.4 Å². The summed E-state index contributed by atoms with van der Waals surface area (Å²) >= 11 is 0. The number of carbonyl (C=O) groups excluding carboxylic acids is 2. The van der Waals surface area contributed by atoms with Gasteiger partial charge in [0.25, 0.3) is 0 Å². The molecule has 3 unspecified atom stereocenters. The van der Waals surface area contributed by atoms with Crippen molar-refractivity contribution in [2.45, 2.75) is 201 Å². The minimum atomic E-state index is -0.0849. The first-order chi connectivity index (χ1) is 24.5. The number of allylic oxidation sites excluding steroid dienone is 1. The Morgan fingerprint density at radius 3 is 1.60 bits per heavy atom. The molecule has 0 aromatic rings. The zero-order valence-corrected chi connectivity index (χ0v) is 33.4. The number of hydrogen-bond acceptors (Lipinski definition) is 5. The third kappa shape index (κ3) is 28.8. The molecule has 1 rings (SSSR count). The van der Waals surface area contributed by atoms with Crippen molar-refractivity contribution in [3.05, 3.63) is 24.1 Å². The number of unbranched alkanes of at least 4 members (excludes halogenated alkanes) is 16. The molecule has 290 valence electrons. The maximum atomic E-state index is 12.2. The molecule has 0 radical (unpaired) electrons. The fourth-order valence-corrected chi connectivity index (χ4v) is 7.38. The Hall–Kier alpha value is -1.80. The van der Waals surface area contributed by atoms with Crippen LogP contribution in [0.5, 0.6) is 0 Å². The van der Waals surface area contributed by atoms with Crippen LogP contribution < -0.4 is 0 Å². The van der Waals surface area contributed by atoms with Crippen molar-refractivity contribution in [1.82, 2.24) is 4.90 Å². The average molecular weight is 700 g/mol. The van der Waals surface area contributed by atoms with Crippen molar-refractivity contribution in [1.29, 1.82) is 0 Å². The molecule has 0 saturated carbocycles. The molecule has 5 nitrogen and oxygen atoms in total. The van der Waals surface area contributed by atoms with Crippen LogP contribution in [-0.4, -0.2) is 49.7 Å². The van der Waals surface area contributed by atoms with Crippen LogP contribution in [0, 0.1) is 17.8 Å². The van der Waals surface area contributed by atoms with Crippen LogP contribution in [0.25, 0.3) is 0 Å². The number of carbonyl (C=O) groups is 2. The van der Waals surface area contributed by atoms with E-state index in [4.69, 9.17) is 9.47 Å². The average Bonchev–Trinajstić information content (AvgIpc) is 3.62. The van der Waals surface area contributed by atoms with Crippen LogP contribution >= 0.6 is 0 Å². The standard InChI is InChI=1S/C45H81NO4/c1-5-8-29-41(4)38-44(47)49-36-27-21-17-13-11-15-19-23-32-43(40-46-34-25-26-35-46)33-24-20-16-12-14-18-22-28-37-50-45(48)39-42(30-9-6-2)31-10-7-3/h30,41-43H,2,5,7-8,10-29,31-40H2,1,3-4H3. The summed E-state index contributed by atoms with van der Waals surface area (Å²) in [5.74, 6) is 1.42. The number of esters is 2. The van der Waals surface area contributed by atoms with E-state index in [9.17, 15) is 9.59 Å². The van der Waals surface area contributed by atoms with Crippen molar-refractivity contribution in [3.63, 3.8) is 0 Å². The molecule has 1 heterocycles. The highest BCUT2D eigenvalue weighted by Gasteiger charge is 2.17. The predicted octanol–water partition coefficient (Wildman–Crippen LogP) is 12.7. The van der Waals surface area contributed by atoms with Crippen molar-refractivity contribution >= 4 is 11.9 Å². The molecule has 0 spiro atoms. The Bertz CT molecular complexity index is 884. The normalized spacial score (nSPS) is 14.9. The van der Waals surface area contributed by atoms with Crippen molar-refractivity contribution in [2.24, 2.45) is 17.8 Å². The second-order valence-corrected chi connectivity index (χ2v) is 15.6. The number of likely N-dealkylation sites (tertiary alicyclic amines) is 1. The summed E-state index contributed by atoms with van der Waals surface area (Å²) in [6, 6.07) is 0. The summed E-state index contributed by atoms with van der Waals surface area (Å²) in [6.45, 7) is 15.2. The van der Waals surface area contributed by atoms with E-state index in [2.05, 4.69) is 43.7 Å². The van der Waals surface area contributed by atoms with Gasteiger partial charge in [-0.1, -0.05) is 154 Å². The molecule has 0 aliphatic carbocycles. The second-order valence-electron chi connectivity index (χ2n) is 15.6. The molecule has 0 aromatic heterocycles. The molecular weight excluding hydrogens is 618 g/mol. The maximum Gasteiger partial charge on any atom is 0.306 e. The smallest absolute Gasteiger partial charge is 0.306 e. The summed E-state index contributed by atoms with van der Waals surface area (Å²) in [4.78, 5) is 26.9. The van der Waals surface area contributed by atoms with Gasteiger partial charge in [0.05, 0.1) is 19.6 Å². The molecule has 1 fully saturated rings. The van der Waals surface area contributed by atoms with Gasteiger partial charge in [-0.15, -0.1) is 0 Å². The summed E-state index contributed by atoms with van der Waals surface area (Å²) < 4.78 is 11.0. The predicted molar refractivity (Wildman–Crippen MR) is 212 cm³/mol. The number of ether oxygens (including phenoxy) is 2. The molecule has 1 saturated heterocycles. The fourth-order valence-electron chi connectivity index (χ4n) is 7.38. The Morgan fingerprint density at radius 2 is 1.10 bits per heavy atom. The van der Waals surface area contributed by atoms with Gasteiger partial charge in [-0.3, -0.25) is 9.59 Å². The van der Waals surface area contributed by atoms with Gasteiger partial charge in [0.1, 0.15) is 0 Å². The number of nitrogens with zero attached hydrogens (tertiary/aromatic N) is 1. The van der Waals surface area contributed by atoms with E-state index >= 15 is 0 Å². The van der Waals surface area contributed by atoms with Gasteiger partial charge >= 0.3 is 11.9 Å². The van der Waals surface area contributed by atoms with Crippen molar-refractivity contribution < 1.29 is 19.1 Å². The lowest BCUT2D eigenvalue weighted by molar-refractivity contribution is -0.145. The van der Waals surface area contributed by atoms with Gasteiger partial charge in [0.15, 0.2) is 0 Å². The zero-order chi connectivity index (χ0) is 36.3. The highest BCUT2D eigenvalue weighted by molar-refractivity contribution is 5.70. The minimum Gasteiger partial charge on any atom is -0.466 e. The van der Waals surface area contributed by atoms with Crippen LogP contribution in [0.4, 0.5) is 0 Å². The molecule has 1 aliphatic heterocycles. The third-order valence-electron chi connectivity index (χ3n) is 10.6. The van der Waals surface area contributed by atoms with Gasteiger partial charge in [-0.2, -0.15) is 0 Å². The molecule has 0 bridgehead atoms. The first-order valence-electron chi connectivity index (χ1n) is 21.6. The highest BCUT2D eigenvalue weighted by atomic mass is 16.5. The van der Waals surface area contributed by atoms with E-state index in [1.54, 1.807) is 0 Å². The number of rotatable bonds is 35. The molecule has 0 N–H and O–H groups in total. The topological polar surface area (TPSA) is 55.8 Å². The summed E-state index contributed by atoms with van der Waals surface area (Å²) in [7, 11) is 0. The molecule has 3 atom stereocenters. The van der Waals surface area contributed by atoms with E-state index in [1.807, 2.05) is 6.08 Å². The summed E-state index contributed by atoms with van der Waals surface area (Å²) in [5, 5.41) is 0. The summed E-state index contributed by atoms with van der Waals surface area (Å²) in [6.07, 6.45) is 35.7. The first-order valence-corrected chi connectivity index (χ1v) is 21.6. The lowest BCUT2D eigenvalue weighted by atomic mass is 9.93. The van der Waals surface area contributed by atoms with E-state index in [0.717, 1.165) is 50.9 Å². The SMILES string of the molecule is C=C=C=CC(CCCC)CC(=O)OCCCCCCCCCCC(CCCCCCCCCCOC(=O)CC(C)CCCC)CN1CCCC1.